The summed E-state index contributed by atoms with van der Waals surface area (Å²) in [7, 11) is 0. The summed E-state index contributed by atoms with van der Waals surface area (Å²) in [6, 6.07) is 6.79. The van der Waals surface area contributed by atoms with Gasteiger partial charge in [-0.2, -0.15) is 5.26 Å². The molecule has 2 atom stereocenters. The highest BCUT2D eigenvalue weighted by Crippen LogP contribution is 2.30. The molecular formula is C13H14BrN3O2. The van der Waals surface area contributed by atoms with Gasteiger partial charge in [-0.15, -0.1) is 0 Å². The van der Waals surface area contributed by atoms with Gasteiger partial charge >= 0.3 is 0 Å². The van der Waals surface area contributed by atoms with Gasteiger partial charge in [-0.1, -0.05) is 15.9 Å². The fraction of sp³-hybridized carbons (Fsp3) is 0.385. The van der Waals surface area contributed by atoms with Crippen molar-refractivity contribution in [3.05, 3.63) is 28.2 Å². The maximum absolute atomic E-state index is 12.3. The molecule has 1 heterocycles. The van der Waals surface area contributed by atoms with Gasteiger partial charge in [0.2, 0.25) is 5.91 Å². The third-order valence-electron chi connectivity index (χ3n) is 3.39. The number of hydrogen-bond donors (Lipinski definition) is 2. The molecule has 1 saturated heterocycles. The maximum Gasteiger partial charge on any atom is 0.234 e. The smallest absolute Gasteiger partial charge is 0.234 e. The number of carbonyl (C=O) groups excluding carboxylic acids is 1. The second-order valence-corrected chi connectivity index (χ2v) is 5.71. The summed E-state index contributed by atoms with van der Waals surface area (Å²) in [6.45, 7) is 2.42. The van der Waals surface area contributed by atoms with Crippen LogP contribution in [-0.2, 0) is 9.53 Å². The Bertz CT molecular complexity index is 555. The molecule has 1 amide bonds. The van der Waals surface area contributed by atoms with Crippen LogP contribution in [-0.4, -0.2) is 25.2 Å². The van der Waals surface area contributed by atoms with Crippen molar-refractivity contribution in [1.82, 2.24) is 0 Å². The summed E-state index contributed by atoms with van der Waals surface area (Å²) in [4.78, 5) is 12.3. The molecule has 1 aromatic carbocycles. The minimum atomic E-state index is -0.769. The number of anilines is 1. The van der Waals surface area contributed by atoms with Crippen LogP contribution in [0.1, 0.15) is 12.5 Å². The zero-order chi connectivity index (χ0) is 14.0. The average Bonchev–Trinajstić information content (AvgIpc) is 2.71. The zero-order valence-electron chi connectivity index (χ0n) is 10.4. The number of nitrogens with two attached hydrogens (primary N) is 1. The van der Waals surface area contributed by atoms with Crippen LogP contribution < -0.4 is 11.1 Å². The third kappa shape index (κ3) is 2.63. The monoisotopic (exact) mass is 323 g/mol. The summed E-state index contributed by atoms with van der Waals surface area (Å²) in [5.74, 6) is -0.230. The largest absolute Gasteiger partial charge is 0.379 e. The number of amides is 1. The normalized spacial score (nSPS) is 25.9. The second-order valence-electron chi connectivity index (χ2n) is 4.79. The lowest BCUT2D eigenvalue weighted by Gasteiger charge is -2.25. The molecule has 0 bridgehead atoms. The van der Waals surface area contributed by atoms with Crippen molar-refractivity contribution in [2.24, 2.45) is 11.1 Å². The van der Waals surface area contributed by atoms with E-state index in [2.05, 4.69) is 21.2 Å². The van der Waals surface area contributed by atoms with Crippen LogP contribution in [0.4, 0.5) is 5.69 Å². The first-order chi connectivity index (χ1) is 8.97. The number of carbonyl (C=O) groups is 1. The zero-order valence-corrected chi connectivity index (χ0v) is 12.0. The van der Waals surface area contributed by atoms with Crippen molar-refractivity contribution in [3.63, 3.8) is 0 Å². The lowest BCUT2D eigenvalue weighted by atomic mass is 9.84. The first-order valence-electron chi connectivity index (χ1n) is 5.82. The highest BCUT2D eigenvalue weighted by Gasteiger charge is 2.44. The van der Waals surface area contributed by atoms with E-state index in [9.17, 15) is 4.79 Å². The molecule has 5 nitrogen and oxygen atoms in total. The Hall–Kier alpha value is -1.42. The van der Waals surface area contributed by atoms with Gasteiger partial charge in [0.15, 0.2) is 0 Å². The van der Waals surface area contributed by atoms with Crippen LogP contribution in [0.5, 0.6) is 0 Å². The standard InChI is InChI=1S/C13H14BrN3O2/c1-13(7-19-6-11(13)16)12(18)17-10-4-9(14)3-2-8(10)5-15/h2-4,11H,6-7,16H2,1H3,(H,17,18). The van der Waals surface area contributed by atoms with Crippen molar-refractivity contribution in [2.45, 2.75) is 13.0 Å². The predicted octanol–water partition coefficient (Wildman–Crippen LogP) is 1.62. The number of benzene rings is 1. The van der Waals surface area contributed by atoms with Crippen LogP contribution in [0, 0.1) is 16.7 Å². The highest BCUT2D eigenvalue weighted by molar-refractivity contribution is 9.10. The van der Waals surface area contributed by atoms with Crippen LogP contribution in [0.15, 0.2) is 22.7 Å². The Morgan fingerprint density at radius 2 is 2.42 bits per heavy atom. The Kier molecular flexibility index (Phi) is 3.90. The molecule has 2 rings (SSSR count). The van der Waals surface area contributed by atoms with E-state index in [-0.39, 0.29) is 18.6 Å². The molecule has 0 spiro atoms. The molecule has 1 aromatic rings. The van der Waals surface area contributed by atoms with Crippen molar-refractivity contribution >= 4 is 27.5 Å². The fourth-order valence-electron chi connectivity index (χ4n) is 1.91. The van der Waals surface area contributed by atoms with E-state index in [1.807, 2.05) is 6.07 Å². The quantitative estimate of drug-likeness (QED) is 0.865. The average molecular weight is 324 g/mol. The van der Waals surface area contributed by atoms with Gasteiger partial charge in [-0.3, -0.25) is 4.79 Å². The molecule has 2 unspecified atom stereocenters. The number of halogens is 1. The number of nitrogens with one attached hydrogen (secondary N) is 1. The molecule has 0 saturated carbocycles. The number of rotatable bonds is 2. The Morgan fingerprint density at radius 1 is 1.68 bits per heavy atom. The van der Waals surface area contributed by atoms with E-state index >= 15 is 0 Å². The molecule has 0 radical (unpaired) electrons. The molecule has 6 heteroatoms. The first-order valence-corrected chi connectivity index (χ1v) is 6.61. The summed E-state index contributed by atoms with van der Waals surface area (Å²) in [6.07, 6.45) is 0. The number of hydrogen-bond acceptors (Lipinski definition) is 4. The Morgan fingerprint density at radius 3 is 3.00 bits per heavy atom. The van der Waals surface area contributed by atoms with E-state index < -0.39 is 5.41 Å². The molecule has 1 aliphatic heterocycles. The Labute approximate surface area is 119 Å². The number of nitriles is 1. The lowest BCUT2D eigenvalue weighted by Crippen LogP contribution is -2.47. The van der Waals surface area contributed by atoms with Gasteiger partial charge in [-0.05, 0) is 25.1 Å². The maximum atomic E-state index is 12.3. The second kappa shape index (κ2) is 5.29. The van der Waals surface area contributed by atoms with Crippen LogP contribution >= 0.6 is 15.9 Å². The van der Waals surface area contributed by atoms with Gasteiger partial charge in [0, 0.05) is 10.5 Å². The van der Waals surface area contributed by atoms with Crippen molar-refractivity contribution in [3.8, 4) is 6.07 Å². The van der Waals surface area contributed by atoms with Crippen LogP contribution in [0.3, 0.4) is 0 Å². The topological polar surface area (TPSA) is 88.1 Å². The van der Waals surface area contributed by atoms with Gasteiger partial charge in [-0.25, -0.2) is 0 Å². The van der Waals surface area contributed by atoms with Gasteiger partial charge in [0.05, 0.1) is 29.9 Å². The lowest BCUT2D eigenvalue weighted by molar-refractivity contribution is -0.125. The Balaban J connectivity index is 2.24. The van der Waals surface area contributed by atoms with E-state index in [0.717, 1.165) is 4.47 Å². The summed E-state index contributed by atoms with van der Waals surface area (Å²) in [5, 5.41) is 11.8. The minimum Gasteiger partial charge on any atom is -0.379 e. The molecule has 100 valence electrons. The highest BCUT2D eigenvalue weighted by atomic mass is 79.9. The van der Waals surface area contributed by atoms with Crippen molar-refractivity contribution in [2.75, 3.05) is 18.5 Å². The summed E-state index contributed by atoms with van der Waals surface area (Å²) >= 11 is 3.31. The van der Waals surface area contributed by atoms with Crippen LogP contribution in [0.2, 0.25) is 0 Å². The molecule has 1 aliphatic rings. The molecular weight excluding hydrogens is 310 g/mol. The van der Waals surface area contributed by atoms with Gasteiger partial charge < -0.3 is 15.8 Å². The van der Waals surface area contributed by atoms with Crippen molar-refractivity contribution < 1.29 is 9.53 Å². The first kappa shape index (κ1) is 14.0. The molecule has 3 N–H and O–H groups in total. The number of nitrogens with zero attached hydrogens (tertiary/aromatic N) is 1. The summed E-state index contributed by atoms with van der Waals surface area (Å²) in [5.41, 5.74) is 6.02. The number of ether oxygens (including phenoxy) is 1. The minimum absolute atomic E-state index is 0.230. The molecule has 19 heavy (non-hydrogen) atoms. The van der Waals surface area contributed by atoms with E-state index in [1.165, 1.54) is 0 Å². The van der Waals surface area contributed by atoms with Gasteiger partial charge in [0.25, 0.3) is 0 Å². The third-order valence-corrected chi connectivity index (χ3v) is 3.88. The van der Waals surface area contributed by atoms with E-state index in [4.69, 9.17) is 15.7 Å². The van der Waals surface area contributed by atoms with E-state index in [1.54, 1.807) is 25.1 Å². The summed E-state index contributed by atoms with van der Waals surface area (Å²) < 4.78 is 6.04. The molecule has 0 aliphatic carbocycles. The SMILES string of the molecule is CC1(C(=O)Nc2cc(Br)ccc2C#N)COCC1N. The predicted molar refractivity (Wildman–Crippen MR) is 74.4 cm³/mol. The molecule has 1 fully saturated rings. The van der Waals surface area contributed by atoms with Crippen molar-refractivity contribution in [1.29, 1.82) is 5.26 Å². The fourth-order valence-corrected chi connectivity index (χ4v) is 2.27. The molecule has 0 aromatic heterocycles. The van der Waals surface area contributed by atoms with Gasteiger partial charge in [0.1, 0.15) is 6.07 Å². The van der Waals surface area contributed by atoms with Crippen LogP contribution in [0.25, 0.3) is 0 Å². The van der Waals surface area contributed by atoms with E-state index in [0.29, 0.717) is 17.9 Å².